The fourth-order valence-electron chi connectivity index (χ4n) is 0.667. The van der Waals surface area contributed by atoms with Crippen LogP contribution in [0.15, 0.2) is 22.8 Å². The first-order valence-electron chi connectivity index (χ1n) is 2.78. The van der Waals surface area contributed by atoms with Crippen LogP contribution in [0.3, 0.4) is 0 Å². The van der Waals surface area contributed by atoms with E-state index in [2.05, 4.69) is 15.9 Å². The fraction of sp³-hybridized carbons (Fsp3) is 0.333. The molecule has 0 saturated heterocycles. The average Bonchev–Trinajstić information content (AvgIpc) is 1.94. The van der Waals surface area contributed by atoms with E-state index in [1.807, 2.05) is 0 Å². The van der Waals surface area contributed by atoms with Gasteiger partial charge in [0.15, 0.2) is 0 Å². The Hall–Kier alpha value is -0.480. The van der Waals surface area contributed by atoms with Gasteiger partial charge in [-0.2, -0.15) is 0 Å². The molecule has 0 aliphatic carbocycles. The van der Waals surface area contributed by atoms with Crippen LogP contribution in [0.25, 0.3) is 0 Å². The number of hydrogen-bond acceptors (Lipinski definition) is 2. The molecule has 1 aliphatic rings. The number of rotatable bonds is 1. The van der Waals surface area contributed by atoms with E-state index in [9.17, 15) is 4.91 Å². The van der Waals surface area contributed by atoms with Crippen molar-refractivity contribution in [2.24, 2.45) is 0 Å². The summed E-state index contributed by atoms with van der Waals surface area (Å²) in [5, 5.41) is 0. The number of allylic oxidation sites excluding steroid dienone is 2. The molecule has 10 heavy (non-hydrogen) atoms. The third kappa shape index (κ3) is 1.52. The molecule has 1 unspecified atom stereocenters. The van der Waals surface area contributed by atoms with E-state index in [0.29, 0.717) is 0 Å². The van der Waals surface area contributed by atoms with E-state index in [4.69, 9.17) is 4.74 Å². The molecule has 0 aromatic rings. The maximum absolute atomic E-state index is 10.8. The number of nitroso groups, excluding NO2 is 1. The lowest BCUT2D eigenvalue weighted by Gasteiger charge is -2.02. The molecule has 0 fully saturated rings. The zero-order valence-corrected chi connectivity index (χ0v) is 7.04. The molecule has 0 aromatic carbocycles. The van der Waals surface area contributed by atoms with Gasteiger partial charge in [0.2, 0.25) is 6.20 Å². The second kappa shape index (κ2) is 3.07. The zero-order chi connectivity index (χ0) is 7.56. The highest BCUT2D eigenvalue weighted by Crippen LogP contribution is 2.14. The Kier molecular flexibility index (Phi) is 2.34. The minimum atomic E-state index is -0.487. The summed E-state index contributed by atoms with van der Waals surface area (Å²) in [6.45, 7) is 0. The molecule has 3 nitrogen and oxygen atoms in total. The molecule has 0 aromatic heterocycles. The highest BCUT2D eigenvalue weighted by Gasteiger charge is 2.22. The Morgan fingerprint density at radius 1 is 1.80 bits per heavy atom. The SMILES string of the molecule is COC1C=C(Br)C=C[N+]1=O. The van der Waals surface area contributed by atoms with Crippen molar-refractivity contribution < 1.29 is 9.50 Å². The molecule has 0 saturated carbocycles. The van der Waals surface area contributed by atoms with Gasteiger partial charge in [-0.15, -0.1) is 0 Å². The lowest BCUT2D eigenvalue weighted by Crippen LogP contribution is -2.21. The summed E-state index contributed by atoms with van der Waals surface area (Å²) in [7, 11) is 1.49. The van der Waals surface area contributed by atoms with Crippen LogP contribution < -0.4 is 0 Å². The van der Waals surface area contributed by atoms with Crippen LogP contribution in [-0.4, -0.2) is 18.1 Å². The minimum Gasteiger partial charge on any atom is -0.318 e. The summed E-state index contributed by atoms with van der Waals surface area (Å²) >= 11 is 3.23. The van der Waals surface area contributed by atoms with Crippen LogP contribution in [0, 0.1) is 4.91 Å². The van der Waals surface area contributed by atoms with Gasteiger partial charge in [0, 0.05) is 28.7 Å². The first-order chi connectivity index (χ1) is 4.74. The third-order valence-electron chi connectivity index (χ3n) is 1.17. The van der Waals surface area contributed by atoms with Crippen molar-refractivity contribution in [3.63, 3.8) is 0 Å². The monoisotopic (exact) mass is 204 g/mol. The van der Waals surface area contributed by atoms with Gasteiger partial charge in [0.05, 0.1) is 4.76 Å². The van der Waals surface area contributed by atoms with Crippen molar-refractivity contribution in [2.75, 3.05) is 7.11 Å². The Bertz CT molecular complexity index is 210. The lowest BCUT2D eigenvalue weighted by molar-refractivity contribution is -0.558. The van der Waals surface area contributed by atoms with Crippen molar-refractivity contribution in [1.29, 1.82) is 0 Å². The molecule has 1 aliphatic heterocycles. The number of halogens is 1. The molecule has 0 amide bonds. The van der Waals surface area contributed by atoms with Crippen molar-refractivity contribution in [3.05, 3.63) is 27.7 Å². The lowest BCUT2D eigenvalue weighted by atomic mass is 10.4. The second-order valence-electron chi connectivity index (χ2n) is 1.85. The van der Waals surface area contributed by atoms with Crippen molar-refractivity contribution in [1.82, 2.24) is 0 Å². The summed E-state index contributed by atoms with van der Waals surface area (Å²) in [6, 6.07) is 0. The van der Waals surface area contributed by atoms with E-state index in [-0.39, 0.29) is 0 Å². The van der Waals surface area contributed by atoms with E-state index < -0.39 is 6.23 Å². The van der Waals surface area contributed by atoms with Crippen LogP contribution in [0.2, 0.25) is 0 Å². The zero-order valence-electron chi connectivity index (χ0n) is 5.45. The van der Waals surface area contributed by atoms with Gasteiger partial charge in [-0.1, -0.05) is 15.9 Å². The summed E-state index contributed by atoms with van der Waals surface area (Å²) < 4.78 is 6.44. The number of nitrogens with zero attached hydrogens (tertiary/aromatic N) is 1. The van der Waals surface area contributed by atoms with Gasteiger partial charge in [0.1, 0.15) is 0 Å². The molecule has 1 heterocycles. The molecule has 0 bridgehead atoms. The highest BCUT2D eigenvalue weighted by molar-refractivity contribution is 9.11. The molecule has 4 heteroatoms. The van der Waals surface area contributed by atoms with Gasteiger partial charge < -0.3 is 4.74 Å². The number of hydrogen-bond donors (Lipinski definition) is 0. The molecule has 0 radical (unpaired) electrons. The first-order valence-corrected chi connectivity index (χ1v) is 3.57. The smallest absolute Gasteiger partial charge is 0.318 e. The van der Waals surface area contributed by atoms with Gasteiger partial charge in [-0.3, -0.25) is 0 Å². The Morgan fingerprint density at radius 2 is 2.50 bits per heavy atom. The molecule has 54 valence electrons. The van der Waals surface area contributed by atoms with Crippen LogP contribution >= 0.6 is 15.9 Å². The molecule has 1 atom stereocenters. The van der Waals surface area contributed by atoms with Crippen LogP contribution in [-0.2, 0) is 4.74 Å². The summed E-state index contributed by atoms with van der Waals surface area (Å²) in [5.74, 6) is 0. The predicted octanol–water partition coefficient (Wildman–Crippen LogP) is 1.54. The largest absolute Gasteiger partial charge is 0.331 e. The molecule has 0 N–H and O–H groups in total. The van der Waals surface area contributed by atoms with E-state index in [1.54, 1.807) is 12.2 Å². The second-order valence-corrected chi connectivity index (χ2v) is 2.77. The summed E-state index contributed by atoms with van der Waals surface area (Å²) in [5.41, 5.74) is 0. The van der Waals surface area contributed by atoms with Gasteiger partial charge >= 0.3 is 6.23 Å². The third-order valence-corrected chi connectivity index (χ3v) is 1.70. The summed E-state index contributed by atoms with van der Waals surface area (Å²) in [4.78, 5) is 10.8. The van der Waals surface area contributed by atoms with Crippen molar-refractivity contribution >= 4 is 15.9 Å². The maximum Gasteiger partial charge on any atom is 0.331 e. The molecular weight excluding hydrogens is 198 g/mol. The van der Waals surface area contributed by atoms with E-state index >= 15 is 0 Å². The first kappa shape index (κ1) is 7.63. The quantitative estimate of drug-likeness (QED) is 0.607. The van der Waals surface area contributed by atoms with E-state index in [0.717, 1.165) is 9.24 Å². The topological polar surface area (TPSA) is 29.3 Å². The molecular formula is C6H7BrNO2+. The van der Waals surface area contributed by atoms with Crippen LogP contribution in [0.1, 0.15) is 0 Å². The predicted molar refractivity (Wildman–Crippen MR) is 40.6 cm³/mol. The molecule has 1 rings (SSSR count). The summed E-state index contributed by atoms with van der Waals surface area (Å²) in [6.07, 6.45) is 4.28. The number of ether oxygens (including phenoxy) is 1. The highest BCUT2D eigenvalue weighted by atomic mass is 79.9. The standard InChI is InChI=1S/C6H7BrNO2/c1-10-6-4-5(7)2-3-8(6)9/h2-4,6H,1H3/q+1. The van der Waals surface area contributed by atoms with Gasteiger partial charge in [-0.25, -0.2) is 0 Å². The number of methoxy groups -OCH3 is 1. The van der Waals surface area contributed by atoms with Crippen molar-refractivity contribution in [3.8, 4) is 0 Å². The Labute approximate surface area is 67.1 Å². The van der Waals surface area contributed by atoms with Gasteiger partial charge in [0.25, 0.3) is 0 Å². The van der Waals surface area contributed by atoms with Crippen LogP contribution in [0.4, 0.5) is 0 Å². The maximum atomic E-state index is 10.8. The van der Waals surface area contributed by atoms with E-state index in [1.165, 1.54) is 13.3 Å². The Morgan fingerprint density at radius 3 is 3.00 bits per heavy atom. The van der Waals surface area contributed by atoms with Crippen LogP contribution in [0.5, 0.6) is 0 Å². The fourth-order valence-corrected chi connectivity index (χ4v) is 1.01. The van der Waals surface area contributed by atoms with Crippen molar-refractivity contribution in [2.45, 2.75) is 6.23 Å². The minimum absolute atomic E-state index is 0.487. The molecule has 0 spiro atoms. The van der Waals surface area contributed by atoms with Gasteiger partial charge in [-0.05, 0) is 0 Å². The average molecular weight is 205 g/mol. The normalized spacial score (nSPS) is 24.8. The Balaban J connectivity index is 2.76.